The Morgan fingerprint density at radius 2 is 1.71 bits per heavy atom. The molecule has 3 heteroatoms. The van der Waals surface area contributed by atoms with Gasteiger partial charge in [0.15, 0.2) is 5.78 Å². The Labute approximate surface area is 165 Å². The fourth-order valence-corrected chi connectivity index (χ4v) is 3.76. The van der Waals surface area contributed by atoms with Crippen LogP contribution in [0.1, 0.15) is 30.4 Å². The molecule has 1 fully saturated rings. The molecular weight excluding hydrogens is 346 g/mol. The average molecular weight is 369 g/mol. The molecule has 0 heterocycles. The van der Waals surface area contributed by atoms with Gasteiger partial charge in [0.25, 0.3) is 0 Å². The van der Waals surface area contributed by atoms with E-state index in [1.165, 1.54) is 5.56 Å². The highest BCUT2D eigenvalue weighted by molar-refractivity contribution is 6.24. The van der Waals surface area contributed by atoms with E-state index in [0.717, 1.165) is 28.4 Å². The van der Waals surface area contributed by atoms with Gasteiger partial charge in [-0.2, -0.15) is 0 Å². The van der Waals surface area contributed by atoms with Gasteiger partial charge >= 0.3 is 0 Å². The Hall–Kier alpha value is -3.20. The van der Waals surface area contributed by atoms with Crippen molar-refractivity contribution in [2.45, 2.75) is 32.6 Å². The Morgan fingerprint density at radius 3 is 2.54 bits per heavy atom. The predicted molar refractivity (Wildman–Crippen MR) is 114 cm³/mol. The third-order valence-electron chi connectivity index (χ3n) is 5.21. The van der Waals surface area contributed by atoms with Crippen LogP contribution in [-0.2, 0) is 11.2 Å². The van der Waals surface area contributed by atoms with Gasteiger partial charge in [-0.05, 0) is 48.2 Å². The summed E-state index contributed by atoms with van der Waals surface area (Å²) in [5.41, 5.74) is 4.08. The maximum atomic E-state index is 12.6. The number of benzene rings is 3. The number of carbonyl (C=O) groups excluding carboxylic acids is 1. The van der Waals surface area contributed by atoms with E-state index in [4.69, 9.17) is 4.99 Å². The van der Waals surface area contributed by atoms with E-state index in [1.807, 2.05) is 61.5 Å². The standard InChI is InChI=1S/C25H23NO2/c1-17-12-14-20(15-13-17)26-22-10-5-11-23(27)25(22)24(28)16-19-8-4-7-18-6-2-3-9-21(18)19/h2-4,6-9,12-15,28H,5,10-11,16H2,1H3. The van der Waals surface area contributed by atoms with Gasteiger partial charge in [0.2, 0.25) is 0 Å². The van der Waals surface area contributed by atoms with Crippen LogP contribution in [0, 0.1) is 6.92 Å². The van der Waals surface area contributed by atoms with E-state index in [2.05, 4.69) is 12.1 Å². The number of ketones is 1. The lowest BCUT2D eigenvalue weighted by Gasteiger charge is -2.18. The SMILES string of the molecule is Cc1ccc(N=C2CCCC(=O)C2=C(O)Cc2cccc3ccccc23)cc1. The first-order valence-electron chi connectivity index (χ1n) is 9.68. The van der Waals surface area contributed by atoms with Crippen molar-refractivity contribution in [2.75, 3.05) is 0 Å². The lowest BCUT2D eigenvalue weighted by Crippen LogP contribution is -2.21. The minimum absolute atomic E-state index is 0.0187. The number of Topliss-reactive ketones (excluding diaryl/α,β-unsaturated/α-hetero) is 1. The summed E-state index contributed by atoms with van der Waals surface area (Å²) in [6.07, 6.45) is 2.26. The fraction of sp³-hybridized carbons (Fsp3) is 0.200. The van der Waals surface area contributed by atoms with Crippen molar-refractivity contribution in [3.05, 3.63) is 89.2 Å². The molecule has 3 aromatic carbocycles. The van der Waals surface area contributed by atoms with E-state index in [-0.39, 0.29) is 11.5 Å². The molecule has 1 aliphatic carbocycles. The number of rotatable bonds is 3. The Balaban J connectivity index is 1.74. The number of hydrogen-bond donors (Lipinski definition) is 1. The molecule has 0 saturated heterocycles. The lowest BCUT2D eigenvalue weighted by atomic mass is 9.88. The van der Waals surface area contributed by atoms with Crippen molar-refractivity contribution < 1.29 is 9.90 Å². The van der Waals surface area contributed by atoms with Crippen LogP contribution in [0.5, 0.6) is 0 Å². The van der Waals surface area contributed by atoms with Crippen LogP contribution < -0.4 is 0 Å². The van der Waals surface area contributed by atoms with Gasteiger partial charge in [-0.15, -0.1) is 0 Å². The van der Waals surface area contributed by atoms with E-state index in [0.29, 0.717) is 30.5 Å². The van der Waals surface area contributed by atoms with Crippen LogP contribution >= 0.6 is 0 Å². The molecule has 0 unspecified atom stereocenters. The number of aliphatic hydroxyl groups is 1. The topological polar surface area (TPSA) is 49.7 Å². The van der Waals surface area contributed by atoms with Gasteiger partial charge in [-0.25, -0.2) is 0 Å². The van der Waals surface area contributed by atoms with Crippen molar-refractivity contribution in [1.82, 2.24) is 0 Å². The number of nitrogens with zero attached hydrogens (tertiary/aromatic N) is 1. The van der Waals surface area contributed by atoms with Crippen LogP contribution in [0.4, 0.5) is 5.69 Å². The highest BCUT2D eigenvalue weighted by Crippen LogP contribution is 2.27. The monoisotopic (exact) mass is 369 g/mol. The molecule has 3 nitrogen and oxygen atoms in total. The summed E-state index contributed by atoms with van der Waals surface area (Å²) < 4.78 is 0. The minimum atomic E-state index is -0.0187. The molecule has 4 rings (SSSR count). The van der Waals surface area contributed by atoms with Crippen molar-refractivity contribution in [3.63, 3.8) is 0 Å². The van der Waals surface area contributed by atoms with Crippen LogP contribution in [0.25, 0.3) is 10.8 Å². The predicted octanol–water partition coefficient (Wildman–Crippen LogP) is 6.03. The smallest absolute Gasteiger partial charge is 0.168 e. The van der Waals surface area contributed by atoms with E-state index in [1.54, 1.807) is 0 Å². The molecule has 0 bridgehead atoms. The van der Waals surface area contributed by atoms with Gasteiger partial charge in [0, 0.05) is 12.8 Å². The highest BCUT2D eigenvalue weighted by Gasteiger charge is 2.25. The number of hydrogen-bond acceptors (Lipinski definition) is 3. The average Bonchev–Trinajstić information content (AvgIpc) is 2.70. The normalized spacial score (nSPS) is 17.9. The number of fused-ring (bicyclic) bond motifs is 1. The number of aryl methyl sites for hydroxylation is 1. The second-order valence-corrected chi connectivity index (χ2v) is 7.31. The summed E-state index contributed by atoms with van der Waals surface area (Å²) in [6, 6.07) is 22.0. The van der Waals surface area contributed by atoms with E-state index >= 15 is 0 Å². The molecular formula is C25H23NO2. The molecule has 3 aromatic rings. The molecule has 0 radical (unpaired) electrons. The van der Waals surface area contributed by atoms with Crippen molar-refractivity contribution in [1.29, 1.82) is 0 Å². The number of carbonyl (C=O) groups is 1. The second kappa shape index (κ2) is 7.81. The Morgan fingerprint density at radius 1 is 0.964 bits per heavy atom. The van der Waals surface area contributed by atoms with Gasteiger partial charge in [0.1, 0.15) is 5.76 Å². The molecule has 0 spiro atoms. The quantitative estimate of drug-likeness (QED) is 0.453. The second-order valence-electron chi connectivity index (χ2n) is 7.31. The lowest BCUT2D eigenvalue weighted by molar-refractivity contribution is -0.115. The van der Waals surface area contributed by atoms with E-state index < -0.39 is 0 Å². The number of aliphatic imine (C=N–C) groups is 1. The highest BCUT2D eigenvalue weighted by atomic mass is 16.3. The van der Waals surface area contributed by atoms with Crippen molar-refractivity contribution in [2.24, 2.45) is 4.99 Å². The molecule has 0 aromatic heterocycles. The van der Waals surface area contributed by atoms with Crippen LogP contribution in [0.3, 0.4) is 0 Å². The first-order valence-corrected chi connectivity index (χ1v) is 9.68. The maximum absolute atomic E-state index is 12.6. The molecule has 0 aliphatic heterocycles. The molecule has 1 N–H and O–H groups in total. The van der Waals surface area contributed by atoms with Crippen LogP contribution in [0.2, 0.25) is 0 Å². The van der Waals surface area contributed by atoms with Crippen LogP contribution in [0.15, 0.2) is 83.1 Å². The fourth-order valence-electron chi connectivity index (χ4n) is 3.76. The van der Waals surface area contributed by atoms with E-state index in [9.17, 15) is 9.90 Å². The minimum Gasteiger partial charge on any atom is -0.511 e. The third kappa shape index (κ3) is 3.74. The Bertz CT molecular complexity index is 1090. The molecule has 28 heavy (non-hydrogen) atoms. The molecule has 0 amide bonds. The number of aliphatic hydroxyl groups excluding tert-OH is 1. The van der Waals surface area contributed by atoms with Crippen LogP contribution in [-0.4, -0.2) is 16.6 Å². The largest absolute Gasteiger partial charge is 0.511 e. The summed E-state index contributed by atoms with van der Waals surface area (Å²) in [6.45, 7) is 2.03. The molecule has 1 saturated carbocycles. The zero-order chi connectivity index (χ0) is 19.5. The van der Waals surface area contributed by atoms with Gasteiger partial charge in [-0.1, -0.05) is 60.2 Å². The summed E-state index contributed by atoms with van der Waals surface area (Å²) in [4.78, 5) is 17.3. The Kier molecular flexibility index (Phi) is 5.07. The van der Waals surface area contributed by atoms with Gasteiger partial charge < -0.3 is 5.11 Å². The summed E-state index contributed by atoms with van der Waals surface area (Å²) in [5.74, 6) is 0.0989. The summed E-state index contributed by atoms with van der Waals surface area (Å²) >= 11 is 0. The van der Waals surface area contributed by atoms with Gasteiger partial charge in [0.05, 0.1) is 17.0 Å². The third-order valence-corrected chi connectivity index (χ3v) is 5.21. The zero-order valence-corrected chi connectivity index (χ0v) is 16.0. The van der Waals surface area contributed by atoms with Crippen molar-refractivity contribution >= 4 is 28.0 Å². The maximum Gasteiger partial charge on any atom is 0.168 e. The first kappa shape index (κ1) is 18.2. The molecule has 140 valence electrons. The summed E-state index contributed by atoms with van der Waals surface area (Å²) in [7, 11) is 0. The first-order chi connectivity index (χ1) is 13.6. The van der Waals surface area contributed by atoms with Crippen molar-refractivity contribution in [3.8, 4) is 0 Å². The zero-order valence-electron chi connectivity index (χ0n) is 16.0. The summed E-state index contributed by atoms with van der Waals surface area (Å²) in [5, 5.41) is 13.1. The molecule has 0 atom stereocenters. The van der Waals surface area contributed by atoms with Gasteiger partial charge in [-0.3, -0.25) is 9.79 Å². The molecule has 1 aliphatic rings. The number of allylic oxidation sites excluding steroid dienone is 2.